The number of carbonyl (C=O) groups is 4. The largest absolute Gasteiger partial charge is 0.445 e. The Morgan fingerprint density at radius 1 is 1.08 bits per heavy atom. The molecule has 3 unspecified atom stereocenters. The fourth-order valence-corrected chi connectivity index (χ4v) is 8.38. The van der Waals surface area contributed by atoms with E-state index in [0.29, 0.717) is 48.5 Å². The van der Waals surface area contributed by atoms with Gasteiger partial charge in [0.25, 0.3) is 0 Å². The highest BCUT2D eigenvalue weighted by Crippen LogP contribution is 2.54. The van der Waals surface area contributed by atoms with E-state index in [1.54, 1.807) is 49.1 Å². The summed E-state index contributed by atoms with van der Waals surface area (Å²) in [7, 11) is -4.25. The minimum atomic E-state index is -4.25. The second kappa shape index (κ2) is 17.6. The summed E-state index contributed by atoms with van der Waals surface area (Å²) in [5.74, 6) is -4.34. The van der Waals surface area contributed by atoms with Crippen LogP contribution >= 0.6 is 19.2 Å². The van der Waals surface area contributed by atoms with Crippen LogP contribution < -0.4 is 16.0 Å². The minimum absolute atomic E-state index is 0.0519. The second-order valence-electron chi connectivity index (χ2n) is 12.6. The highest BCUT2D eigenvalue weighted by Gasteiger charge is 2.49. The molecule has 2 fully saturated rings. The first-order valence-corrected chi connectivity index (χ1v) is 18.6. The Labute approximate surface area is 296 Å². The van der Waals surface area contributed by atoms with Crippen LogP contribution in [-0.4, -0.2) is 83.6 Å². The van der Waals surface area contributed by atoms with Crippen LogP contribution in [0.5, 0.6) is 0 Å². The lowest BCUT2D eigenvalue weighted by Crippen LogP contribution is -2.54. The Kier molecular flexibility index (Phi) is 13.8. The number of carbonyl (C=O) groups excluding carboxylic acids is 4. The van der Waals surface area contributed by atoms with Crippen LogP contribution in [0.1, 0.15) is 57.6 Å². The van der Waals surface area contributed by atoms with E-state index in [0.717, 1.165) is 0 Å². The number of hydrogen-bond donors (Lipinski definition) is 4. The molecule has 0 radical (unpaired) electrons. The normalized spacial score (nSPS) is 19.0. The third kappa shape index (κ3) is 10.5. The zero-order chi connectivity index (χ0) is 36.5. The van der Waals surface area contributed by atoms with Crippen molar-refractivity contribution < 1.29 is 47.0 Å². The first kappa shape index (κ1) is 39.2. The van der Waals surface area contributed by atoms with Gasteiger partial charge < -0.3 is 39.7 Å². The summed E-state index contributed by atoms with van der Waals surface area (Å²) in [5.41, 5.74) is 0.398. The average molecular weight is 739 g/mol. The summed E-state index contributed by atoms with van der Waals surface area (Å²) in [5, 5.41) is 20.2. The summed E-state index contributed by atoms with van der Waals surface area (Å²) >= 11 is 6.03. The van der Waals surface area contributed by atoms with Crippen molar-refractivity contribution in [2.75, 3.05) is 26.3 Å². The number of hydrogen-bond acceptors (Lipinski definition) is 9. The number of ether oxygens (including phenoxy) is 1. The van der Waals surface area contributed by atoms with Crippen molar-refractivity contribution in [3.05, 3.63) is 70.5 Å². The first-order valence-electron chi connectivity index (χ1n) is 16.6. The van der Waals surface area contributed by atoms with E-state index >= 15 is 0 Å². The summed E-state index contributed by atoms with van der Waals surface area (Å²) in [4.78, 5) is 53.9. The number of aliphatic hydroxyl groups is 1. The van der Waals surface area contributed by atoms with Crippen LogP contribution in [0.2, 0.25) is 5.02 Å². The number of nitrogens with zero attached hydrogens (tertiary/aromatic N) is 1. The number of piperidine rings is 1. The minimum Gasteiger partial charge on any atom is -0.445 e. The van der Waals surface area contributed by atoms with Crippen molar-refractivity contribution in [2.45, 2.75) is 82.9 Å². The Morgan fingerprint density at radius 2 is 1.74 bits per heavy atom. The number of amides is 4. The van der Waals surface area contributed by atoms with E-state index in [1.807, 2.05) is 0 Å². The van der Waals surface area contributed by atoms with Gasteiger partial charge in [0.2, 0.25) is 17.7 Å². The molecule has 0 aliphatic carbocycles. The van der Waals surface area contributed by atoms with Crippen LogP contribution in [0, 0.1) is 11.7 Å². The molecule has 2 heterocycles. The SMILES string of the molecule is CCOP(=O)(OCC)C(O)C(CC1CC2(CCN(C(C)=O)CC2)NC1=O)NC(=O)[C@H](Cc1cccc(F)c1)NC(=O)OCc1cccc(Cl)c1. The van der Waals surface area contributed by atoms with Gasteiger partial charge in [0, 0.05) is 42.9 Å². The van der Waals surface area contributed by atoms with E-state index in [-0.39, 0.29) is 44.5 Å². The third-order valence-electron chi connectivity index (χ3n) is 8.93. The second-order valence-corrected chi connectivity index (χ2v) is 15.1. The molecular weight excluding hydrogens is 694 g/mol. The number of aliphatic hydroxyl groups excluding tert-OH is 1. The molecular formula is C34H45ClFN4O9P. The van der Waals surface area contributed by atoms with E-state index in [1.165, 1.54) is 25.1 Å². The van der Waals surface area contributed by atoms with Crippen LogP contribution in [-0.2, 0) is 45.8 Å². The van der Waals surface area contributed by atoms with Gasteiger partial charge in [0.1, 0.15) is 18.5 Å². The zero-order valence-corrected chi connectivity index (χ0v) is 30.0. The van der Waals surface area contributed by atoms with Gasteiger partial charge in [-0.05, 0) is 74.9 Å². The summed E-state index contributed by atoms with van der Waals surface area (Å²) in [6.07, 6.45) is 0.135. The molecule has 1 spiro atoms. The molecule has 0 saturated carbocycles. The molecule has 2 aliphatic rings. The van der Waals surface area contributed by atoms with E-state index in [9.17, 15) is 33.2 Å². The van der Waals surface area contributed by atoms with Gasteiger partial charge in [-0.15, -0.1) is 0 Å². The van der Waals surface area contributed by atoms with Crippen LogP contribution in [0.15, 0.2) is 48.5 Å². The van der Waals surface area contributed by atoms with Gasteiger partial charge in [-0.25, -0.2) is 9.18 Å². The Balaban J connectivity index is 1.57. The van der Waals surface area contributed by atoms with Crippen LogP contribution in [0.4, 0.5) is 9.18 Å². The van der Waals surface area contributed by atoms with Gasteiger partial charge >= 0.3 is 13.7 Å². The van der Waals surface area contributed by atoms with Crippen LogP contribution in [0.3, 0.4) is 0 Å². The highest BCUT2D eigenvalue weighted by atomic mass is 35.5. The van der Waals surface area contributed by atoms with Crippen molar-refractivity contribution in [1.82, 2.24) is 20.9 Å². The topological polar surface area (TPSA) is 173 Å². The smallest absolute Gasteiger partial charge is 0.408 e. The quantitative estimate of drug-likeness (QED) is 0.195. The van der Waals surface area contributed by atoms with Gasteiger partial charge in [0.15, 0.2) is 5.85 Å². The van der Waals surface area contributed by atoms with Gasteiger partial charge in [0.05, 0.1) is 19.3 Å². The molecule has 4 rings (SSSR count). The Hall–Kier alpha value is -3.55. The molecule has 0 aromatic heterocycles. The summed E-state index contributed by atoms with van der Waals surface area (Å²) in [6.45, 7) is 5.27. The van der Waals surface area contributed by atoms with E-state index < -0.39 is 54.8 Å². The number of alkyl carbamates (subject to hydrolysis) is 1. The summed E-state index contributed by atoms with van der Waals surface area (Å²) in [6, 6.07) is 9.46. The molecule has 13 nitrogen and oxygen atoms in total. The van der Waals surface area contributed by atoms with Crippen molar-refractivity contribution in [3.8, 4) is 0 Å². The standard InChI is InChI=1S/C34H45ClFN4O9P/c1-4-48-50(46,49-5-2)32(44)29(19-25-20-34(39-30(25)42)12-14-40(15-13-34)22(3)41)37-31(43)28(18-23-8-7-11-27(36)17-23)38-33(45)47-21-24-9-6-10-26(35)16-24/h6-11,16-17,25,28-29,32,44H,4-5,12-15,18-21H2,1-3H3,(H,37,43)(H,38,45)(H,39,42)/t25?,28-,29?,32?/m0/s1. The van der Waals surface area contributed by atoms with Crippen molar-refractivity contribution in [2.24, 2.45) is 5.92 Å². The molecule has 16 heteroatoms. The number of nitrogens with one attached hydrogen (secondary N) is 3. The van der Waals surface area contributed by atoms with Crippen LogP contribution in [0.25, 0.3) is 0 Å². The van der Waals surface area contributed by atoms with Gasteiger partial charge in [-0.1, -0.05) is 35.9 Å². The number of rotatable bonds is 15. The molecule has 4 N–H and O–H groups in total. The number of likely N-dealkylation sites (tertiary alicyclic amines) is 1. The fraction of sp³-hybridized carbons (Fsp3) is 0.529. The first-order chi connectivity index (χ1) is 23.8. The summed E-state index contributed by atoms with van der Waals surface area (Å²) < 4.78 is 44.0. The molecule has 0 bridgehead atoms. The van der Waals surface area contributed by atoms with Gasteiger partial charge in [-0.2, -0.15) is 0 Å². The highest BCUT2D eigenvalue weighted by molar-refractivity contribution is 7.54. The maximum Gasteiger partial charge on any atom is 0.408 e. The monoisotopic (exact) mass is 738 g/mol. The Morgan fingerprint density at radius 3 is 2.36 bits per heavy atom. The molecule has 274 valence electrons. The van der Waals surface area contributed by atoms with E-state index in [2.05, 4.69) is 16.0 Å². The molecule has 2 aromatic carbocycles. The average Bonchev–Trinajstić information content (AvgIpc) is 3.36. The zero-order valence-electron chi connectivity index (χ0n) is 28.4. The molecule has 4 atom stereocenters. The molecule has 2 saturated heterocycles. The Bertz CT molecular complexity index is 1560. The fourth-order valence-electron chi connectivity index (χ4n) is 6.43. The number of benzene rings is 2. The number of halogens is 2. The van der Waals surface area contributed by atoms with E-state index in [4.69, 9.17) is 25.4 Å². The lowest BCUT2D eigenvalue weighted by atomic mass is 9.82. The lowest BCUT2D eigenvalue weighted by Gasteiger charge is -2.39. The third-order valence-corrected chi connectivity index (χ3v) is 11.4. The predicted molar refractivity (Wildman–Crippen MR) is 183 cm³/mol. The molecule has 2 aromatic rings. The maximum atomic E-state index is 14.1. The molecule has 2 aliphatic heterocycles. The lowest BCUT2D eigenvalue weighted by molar-refractivity contribution is -0.130. The van der Waals surface area contributed by atoms with Crippen molar-refractivity contribution in [3.63, 3.8) is 0 Å². The van der Waals surface area contributed by atoms with Gasteiger partial charge in [-0.3, -0.25) is 18.9 Å². The predicted octanol–water partition coefficient (Wildman–Crippen LogP) is 4.29. The molecule has 50 heavy (non-hydrogen) atoms. The van der Waals surface area contributed by atoms with Crippen molar-refractivity contribution >= 4 is 43.0 Å². The van der Waals surface area contributed by atoms with Crippen molar-refractivity contribution in [1.29, 1.82) is 0 Å². The molecule has 4 amide bonds. The maximum absolute atomic E-state index is 14.1.